The maximum Gasteiger partial charge on any atom is 0.326 e. The molecule has 4 aromatic rings. The van der Waals surface area contributed by atoms with Crippen LogP contribution in [0, 0.1) is 6.92 Å². The Bertz CT molecular complexity index is 1850. The second-order valence-corrected chi connectivity index (χ2v) is 13.1. The summed E-state index contributed by atoms with van der Waals surface area (Å²) in [5.74, 6) is -1.64. The zero-order valence-corrected chi connectivity index (χ0v) is 28.0. The van der Waals surface area contributed by atoms with Gasteiger partial charge in [0.2, 0.25) is 15.9 Å². The zero-order valence-electron chi connectivity index (χ0n) is 27.2. The standard InChI is InChI=1S/C36H39N3O9S/c1-25-31(38-49(2,45)46)13-7-14-33(25)39(23-26-9-4-3-5-10-26)24-27-16-18-28(19-17-27)48-30-12-6-11-29(21-30)47-20-8-15-34(40)37-32(36(43)44)22-35(41)42/h3-7,9-14,16-19,21,32,38H,8,15,20,22-24H2,1-2H3,(H,37,40)(H,41,42)(H,43,44)/t32-/m0/s1. The molecule has 0 spiro atoms. The molecule has 0 radical (unpaired) electrons. The molecule has 0 bridgehead atoms. The predicted octanol–water partition coefficient (Wildman–Crippen LogP) is 5.57. The molecule has 1 amide bonds. The van der Waals surface area contributed by atoms with Crippen molar-refractivity contribution in [1.82, 2.24) is 5.32 Å². The largest absolute Gasteiger partial charge is 0.493 e. The molecule has 0 aliphatic carbocycles. The fourth-order valence-corrected chi connectivity index (χ4v) is 5.64. The number of carbonyl (C=O) groups excluding carboxylic acids is 1. The number of carboxylic acid groups (broad SMARTS) is 2. The summed E-state index contributed by atoms with van der Waals surface area (Å²) in [5.41, 5.74) is 4.37. The number of nitrogens with zero attached hydrogens (tertiary/aromatic N) is 1. The van der Waals surface area contributed by atoms with Gasteiger partial charge < -0.3 is 29.9 Å². The number of benzene rings is 4. The van der Waals surface area contributed by atoms with Gasteiger partial charge in [0.1, 0.15) is 23.3 Å². The number of amides is 1. The molecule has 12 nitrogen and oxygen atoms in total. The van der Waals surface area contributed by atoms with E-state index < -0.39 is 40.3 Å². The highest BCUT2D eigenvalue weighted by atomic mass is 32.2. The Labute approximate surface area is 285 Å². The van der Waals surface area contributed by atoms with Crippen LogP contribution in [-0.2, 0) is 37.5 Å². The zero-order chi connectivity index (χ0) is 35.4. The Morgan fingerprint density at radius 1 is 0.816 bits per heavy atom. The number of nitrogens with one attached hydrogen (secondary N) is 2. The van der Waals surface area contributed by atoms with Crippen LogP contribution in [0.15, 0.2) is 97.1 Å². The molecule has 4 rings (SSSR count). The summed E-state index contributed by atoms with van der Waals surface area (Å²) in [4.78, 5) is 36.2. The molecule has 13 heteroatoms. The number of anilines is 2. The van der Waals surface area contributed by atoms with E-state index >= 15 is 0 Å². The Morgan fingerprint density at radius 3 is 2.12 bits per heavy atom. The molecular formula is C36H39N3O9S. The summed E-state index contributed by atoms with van der Waals surface area (Å²) in [5, 5.41) is 20.1. The van der Waals surface area contributed by atoms with E-state index in [-0.39, 0.29) is 19.4 Å². The minimum Gasteiger partial charge on any atom is -0.493 e. The Kier molecular flexibility index (Phi) is 12.6. The van der Waals surface area contributed by atoms with E-state index in [0.29, 0.717) is 36.0 Å². The summed E-state index contributed by atoms with van der Waals surface area (Å²) >= 11 is 0. The molecule has 1 atom stereocenters. The van der Waals surface area contributed by atoms with Crippen molar-refractivity contribution in [3.8, 4) is 17.2 Å². The first-order valence-corrected chi connectivity index (χ1v) is 17.4. The molecule has 49 heavy (non-hydrogen) atoms. The smallest absolute Gasteiger partial charge is 0.326 e. The molecule has 4 aromatic carbocycles. The van der Waals surface area contributed by atoms with Gasteiger partial charge in [-0.15, -0.1) is 0 Å². The van der Waals surface area contributed by atoms with Crippen molar-refractivity contribution >= 4 is 39.2 Å². The third kappa shape index (κ3) is 11.9. The van der Waals surface area contributed by atoms with Crippen LogP contribution in [0.25, 0.3) is 0 Å². The maximum absolute atomic E-state index is 12.1. The summed E-state index contributed by atoms with van der Waals surface area (Å²) in [6.45, 7) is 3.23. The van der Waals surface area contributed by atoms with Crippen molar-refractivity contribution in [2.45, 2.75) is 45.3 Å². The third-order valence-electron chi connectivity index (χ3n) is 7.32. The summed E-state index contributed by atoms with van der Waals surface area (Å²) < 4.78 is 38.3. The highest BCUT2D eigenvalue weighted by molar-refractivity contribution is 7.92. The normalized spacial score (nSPS) is 11.6. The second kappa shape index (κ2) is 17.0. The molecule has 0 unspecified atom stereocenters. The fourth-order valence-electron chi connectivity index (χ4n) is 5.02. The Hall–Kier alpha value is -5.56. The Balaban J connectivity index is 1.37. The van der Waals surface area contributed by atoms with Gasteiger partial charge >= 0.3 is 11.9 Å². The number of hydrogen-bond donors (Lipinski definition) is 4. The lowest BCUT2D eigenvalue weighted by atomic mass is 10.1. The van der Waals surface area contributed by atoms with Crippen molar-refractivity contribution in [3.05, 3.63) is 114 Å². The molecule has 258 valence electrons. The summed E-state index contributed by atoms with van der Waals surface area (Å²) in [6.07, 6.45) is 0.683. The molecular weight excluding hydrogens is 650 g/mol. The van der Waals surface area contributed by atoms with Crippen LogP contribution in [0.1, 0.15) is 36.0 Å². The number of sulfonamides is 1. The number of aliphatic carboxylic acids is 2. The van der Waals surface area contributed by atoms with Crippen LogP contribution >= 0.6 is 0 Å². The number of hydrogen-bond acceptors (Lipinski definition) is 8. The number of ether oxygens (including phenoxy) is 2. The van der Waals surface area contributed by atoms with Crippen molar-refractivity contribution in [3.63, 3.8) is 0 Å². The van der Waals surface area contributed by atoms with E-state index in [2.05, 4.69) is 14.9 Å². The summed E-state index contributed by atoms with van der Waals surface area (Å²) in [7, 11) is -3.45. The van der Waals surface area contributed by atoms with Gasteiger partial charge in [-0.05, 0) is 66.4 Å². The second-order valence-electron chi connectivity index (χ2n) is 11.4. The van der Waals surface area contributed by atoms with Crippen molar-refractivity contribution < 1.29 is 42.5 Å². The van der Waals surface area contributed by atoms with Gasteiger partial charge in [-0.25, -0.2) is 13.2 Å². The highest BCUT2D eigenvalue weighted by Gasteiger charge is 2.22. The number of carbonyl (C=O) groups is 3. The van der Waals surface area contributed by atoms with E-state index in [1.54, 1.807) is 30.3 Å². The Morgan fingerprint density at radius 2 is 1.47 bits per heavy atom. The molecule has 0 heterocycles. The topological polar surface area (TPSA) is 172 Å². The molecule has 0 fully saturated rings. The molecule has 4 N–H and O–H groups in total. The van der Waals surface area contributed by atoms with Crippen molar-refractivity contribution in [2.75, 3.05) is 22.5 Å². The van der Waals surface area contributed by atoms with E-state index in [9.17, 15) is 22.8 Å². The molecule has 0 saturated heterocycles. The van der Waals surface area contributed by atoms with E-state index in [1.165, 1.54) is 0 Å². The quantitative estimate of drug-likeness (QED) is 0.0969. The van der Waals surface area contributed by atoms with Crippen molar-refractivity contribution in [1.29, 1.82) is 0 Å². The van der Waals surface area contributed by atoms with E-state index in [0.717, 1.165) is 28.6 Å². The minimum atomic E-state index is -3.45. The first kappa shape index (κ1) is 36.3. The minimum absolute atomic E-state index is 0.0305. The third-order valence-corrected chi connectivity index (χ3v) is 7.92. The van der Waals surface area contributed by atoms with Gasteiger partial charge in [-0.3, -0.25) is 14.3 Å². The molecule has 0 saturated carbocycles. The van der Waals surface area contributed by atoms with Crippen LogP contribution in [-0.4, -0.2) is 55.4 Å². The highest BCUT2D eigenvalue weighted by Crippen LogP contribution is 2.31. The van der Waals surface area contributed by atoms with E-state index in [1.807, 2.05) is 73.7 Å². The maximum atomic E-state index is 12.1. The lowest BCUT2D eigenvalue weighted by molar-refractivity contribution is -0.147. The van der Waals surface area contributed by atoms with Crippen molar-refractivity contribution in [2.24, 2.45) is 0 Å². The molecule has 0 aromatic heterocycles. The van der Waals surface area contributed by atoms with Gasteiger partial charge in [0.15, 0.2) is 0 Å². The van der Waals surface area contributed by atoms with E-state index in [4.69, 9.17) is 19.7 Å². The average molecular weight is 690 g/mol. The first-order chi connectivity index (χ1) is 23.4. The van der Waals surface area contributed by atoms with Crippen LogP contribution in [0.3, 0.4) is 0 Å². The van der Waals surface area contributed by atoms with Gasteiger partial charge in [0, 0.05) is 31.3 Å². The molecule has 0 aliphatic heterocycles. The SMILES string of the molecule is Cc1c(NS(C)(=O)=O)cccc1N(Cc1ccccc1)Cc1ccc(Oc2cccc(OCCCC(=O)N[C@@H](CC(=O)O)C(=O)O)c2)cc1. The first-order valence-electron chi connectivity index (χ1n) is 15.5. The average Bonchev–Trinajstić information content (AvgIpc) is 3.04. The number of carboxylic acids is 2. The van der Waals surface area contributed by atoms with Gasteiger partial charge in [-0.1, -0.05) is 54.6 Å². The fraction of sp³-hybridized carbons (Fsp3) is 0.250. The monoisotopic (exact) mass is 689 g/mol. The molecule has 0 aliphatic rings. The number of rotatable bonds is 18. The lowest BCUT2D eigenvalue weighted by Crippen LogP contribution is -2.42. The van der Waals surface area contributed by atoms with Crippen LogP contribution in [0.2, 0.25) is 0 Å². The van der Waals surface area contributed by atoms with Gasteiger partial charge in [-0.2, -0.15) is 0 Å². The van der Waals surface area contributed by atoms with Crippen LogP contribution < -0.4 is 24.4 Å². The van der Waals surface area contributed by atoms with Gasteiger partial charge in [0.25, 0.3) is 0 Å². The summed E-state index contributed by atoms with van der Waals surface area (Å²) in [6, 6.07) is 28.8. The lowest BCUT2D eigenvalue weighted by Gasteiger charge is -2.28. The predicted molar refractivity (Wildman–Crippen MR) is 185 cm³/mol. The van der Waals surface area contributed by atoms with Crippen LogP contribution in [0.5, 0.6) is 17.2 Å². The van der Waals surface area contributed by atoms with Crippen LogP contribution in [0.4, 0.5) is 11.4 Å². The van der Waals surface area contributed by atoms with Gasteiger partial charge in [0.05, 0.1) is 25.0 Å².